The van der Waals surface area contributed by atoms with E-state index >= 15 is 0 Å². The highest BCUT2D eigenvalue weighted by atomic mass is 32.2. The topological polar surface area (TPSA) is 95.6 Å². The average Bonchev–Trinajstić information content (AvgIpc) is 2.65. The van der Waals surface area contributed by atoms with Crippen molar-refractivity contribution in [1.29, 1.82) is 0 Å². The minimum atomic E-state index is -3.64. The van der Waals surface area contributed by atoms with Gasteiger partial charge in [-0.15, -0.1) is 6.58 Å². The van der Waals surface area contributed by atoms with Gasteiger partial charge in [-0.25, -0.2) is 8.42 Å². The normalized spacial score (nSPS) is 17.6. The van der Waals surface area contributed by atoms with Crippen molar-refractivity contribution in [3.63, 3.8) is 0 Å². The van der Waals surface area contributed by atoms with Gasteiger partial charge in [0, 0.05) is 25.7 Å². The van der Waals surface area contributed by atoms with E-state index in [1.165, 1.54) is 6.08 Å². The number of nitrogens with one attached hydrogen (secondary N) is 2. The summed E-state index contributed by atoms with van der Waals surface area (Å²) in [6.07, 6.45) is 4.45. The Labute approximate surface area is 173 Å². The van der Waals surface area contributed by atoms with Gasteiger partial charge in [0.25, 0.3) is 0 Å². The van der Waals surface area contributed by atoms with Crippen LogP contribution in [0.2, 0.25) is 0 Å². The van der Waals surface area contributed by atoms with Crippen LogP contribution in [0.25, 0.3) is 0 Å². The maximum absolute atomic E-state index is 13.4. The van der Waals surface area contributed by atoms with Crippen molar-refractivity contribution in [1.82, 2.24) is 14.9 Å². The Kier molecular flexibility index (Phi) is 7.98. The van der Waals surface area contributed by atoms with Crippen LogP contribution in [0.3, 0.4) is 0 Å². The van der Waals surface area contributed by atoms with Gasteiger partial charge in [0.05, 0.1) is 4.90 Å². The Morgan fingerprint density at radius 1 is 1.14 bits per heavy atom. The zero-order valence-corrected chi connectivity index (χ0v) is 18.3. The van der Waals surface area contributed by atoms with Crippen LogP contribution in [0.1, 0.15) is 42.4 Å². The van der Waals surface area contributed by atoms with Crippen molar-refractivity contribution < 1.29 is 18.0 Å². The number of hydrogen-bond acceptors (Lipinski definition) is 4. The molecule has 0 bridgehead atoms. The molecule has 0 saturated carbocycles. The van der Waals surface area contributed by atoms with E-state index in [0.717, 1.165) is 36.0 Å². The summed E-state index contributed by atoms with van der Waals surface area (Å²) in [7, 11) is -3.64. The summed E-state index contributed by atoms with van der Waals surface area (Å²) in [5, 5.41) is 4.99. The maximum atomic E-state index is 13.4. The molecule has 0 spiro atoms. The van der Waals surface area contributed by atoms with Gasteiger partial charge in [0.15, 0.2) is 0 Å². The number of carbonyl (C=O) groups is 2. The Bertz CT molecular complexity index is 857. The third-order valence-electron chi connectivity index (χ3n) is 5.12. The molecular weight excluding hydrogens is 390 g/mol. The number of carbonyl (C=O) groups excluding carboxylic acids is 2. The monoisotopic (exact) mass is 421 g/mol. The minimum Gasteiger partial charge on any atom is -0.348 e. The Hall–Kier alpha value is -2.19. The molecule has 0 aromatic heterocycles. The number of sulfonamides is 1. The van der Waals surface area contributed by atoms with Crippen molar-refractivity contribution in [2.75, 3.05) is 19.6 Å². The molecule has 0 unspecified atom stereocenters. The van der Waals surface area contributed by atoms with Crippen LogP contribution < -0.4 is 10.6 Å². The quantitative estimate of drug-likeness (QED) is 0.520. The first-order valence-electron chi connectivity index (χ1n) is 9.95. The zero-order chi connectivity index (χ0) is 21.6. The number of benzene rings is 1. The summed E-state index contributed by atoms with van der Waals surface area (Å²) in [5.74, 6) is -1.44. The van der Waals surface area contributed by atoms with Crippen LogP contribution >= 0.6 is 0 Å². The smallest absolute Gasteiger partial charge is 0.309 e. The van der Waals surface area contributed by atoms with E-state index in [4.69, 9.17) is 0 Å². The van der Waals surface area contributed by atoms with Gasteiger partial charge >= 0.3 is 11.8 Å². The fourth-order valence-corrected chi connectivity index (χ4v) is 6.09. The van der Waals surface area contributed by atoms with Gasteiger partial charge in [0.1, 0.15) is 0 Å². The molecular formula is C21H31N3O4S. The summed E-state index contributed by atoms with van der Waals surface area (Å²) in [6, 6.07) is 3.58. The molecule has 1 heterocycles. The van der Waals surface area contributed by atoms with Crippen LogP contribution in [0.5, 0.6) is 0 Å². The molecule has 160 valence electrons. The molecule has 1 atom stereocenters. The lowest BCUT2D eigenvalue weighted by Crippen LogP contribution is -2.46. The lowest BCUT2D eigenvalue weighted by atomic mass is 10.0. The largest absolute Gasteiger partial charge is 0.348 e. The van der Waals surface area contributed by atoms with Crippen molar-refractivity contribution in [2.24, 2.45) is 0 Å². The SMILES string of the molecule is C=CCNC(=O)C(=O)NCC[C@@H]1CCCCN1S(=O)(=O)c1c(C)cc(C)cc1C. The second-order valence-corrected chi connectivity index (χ2v) is 9.36. The first kappa shape index (κ1) is 23.1. The van der Waals surface area contributed by atoms with Crippen LogP contribution in [0.4, 0.5) is 0 Å². The fourth-order valence-electron chi connectivity index (χ4n) is 3.95. The van der Waals surface area contributed by atoms with E-state index in [-0.39, 0.29) is 19.1 Å². The Balaban J connectivity index is 2.10. The highest BCUT2D eigenvalue weighted by Crippen LogP contribution is 2.31. The molecule has 1 aliphatic rings. The highest BCUT2D eigenvalue weighted by Gasteiger charge is 2.35. The second kappa shape index (κ2) is 10.0. The summed E-state index contributed by atoms with van der Waals surface area (Å²) in [4.78, 5) is 23.8. The molecule has 8 heteroatoms. The van der Waals surface area contributed by atoms with Crippen molar-refractivity contribution in [2.45, 2.75) is 57.4 Å². The highest BCUT2D eigenvalue weighted by molar-refractivity contribution is 7.89. The Morgan fingerprint density at radius 2 is 1.76 bits per heavy atom. The molecule has 29 heavy (non-hydrogen) atoms. The summed E-state index contributed by atoms with van der Waals surface area (Å²) in [6.45, 7) is 10.0. The van der Waals surface area contributed by atoms with Crippen molar-refractivity contribution in [3.8, 4) is 0 Å². The van der Waals surface area contributed by atoms with E-state index in [0.29, 0.717) is 17.9 Å². The van der Waals surface area contributed by atoms with E-state index < -0.39 is 21.8 Å². The fraction of sp³-hybridized carbons (Fsp3) is 0.524. The van der Waals surface area contributed by atoms with Crippen LogP contribution in [-0.2, 0) is 19.6 Å². The summed E-state index contributed by atoms with van der Waals surface area (Å²) >= 11 is 0. The van der Waals surface area contributed by atoms with Gasteiger partial charge in [-0.05, 0) is 51.2 Å². The first-order chi connectivity index (χ1) is 13.7. The van der Waals surface area contributed by atoms with Crippen LogP contribution in [-0.4, -0.2) is 50.2 Å². The molecule has 1 aromatic carbocycles. The molecule has 7 nitrogen and oxygen atoms in total. The number of rotatable bonds is 7. The van der Waals surface area contributed by atoms with Gasteiger partial charge in [-0.3, -0.25) is 9.59 Å². The molecule has 1 fully saturated rings. The molecule has 1 aromatic rings. The molecule has 0 aliphatic carbocycles. The van der Waals surface area contributed by atoms with E-state index in [1.807, 2.05) is 32.9 Å². The number of piperidine rings is 1. The lowest BCUT2D eigenvalue weighted by molar-refractivity contribution is -0.139. The predicted octanol–water partition coefficient (Wildman–Crippen LogP) is 1.96. The van der Waals surface area contributed by atoms with E-state index in [1.54, 1.807) is 4.31 Å². The van der Waals surface area contributed by atoms with Crippen molar-refractivity contribution in [3.05, 3.63) is 41.5 Å². The van der Waals surface area contributed by atoms with E-state index in [2.05, 4.69) is 17.2 Å². The van der Waals surface area contributed by atoms with Gasteiger partial charge in [-0.1, -0.05) is 30.2 Å². The standard InChI is InChI=1S/C21H31N3O4S/c1-5-10-22-20(25)21(26)23-11-9-18-8-6-7-12-24(18)29(27,28)19-16(3)13-15(2)14-17(19)4/h5,13-14,18H,1,6-12H2,2-4H3,(H,22,25)(H,23,26)/t18-/m0/s1. The van der Waals surface area contributed by atoms with Crippen molar-refractivity contribution >= 4 is 21.8 Å². The number of amides is 2. The molecule has 1 saturated heterocycles. The predicted molar refractivity (Wildman–Crippen MR) is 113 cm³/mol. The van der Waals surface area contributed by atoms with Gasteiger partial charge < -0.3 is 10.6 Å². The molecule has 2 rings (SSSR count). The third-order valence-corrected chi connectivity index (χ3v) is 7.38. The first-order valence-corrected chi connectivity index (χ1v) is 11.4. The third kappa shape index (κ3) is 5.67. The lowest BCUT2D eigenvalue weighted by Gasteiger charge is -2.35. The number of hydrogen-bond donors (Lipinski definition) is 2. The molecule has 2 N–H and O–H groups in total. The zero-order valence-electron chi connectivity index (χ0n) is 17.5. The van der Waals surface area contributed by atoms with Crippen LogP contribution in [0.15, 0.2) is 29.7 Å². The average molecular weight is 422 g/mol. The molecule has 2 amide bonds. The molecule has 1 aliphatic heterocycles. The van der Waals surface area contributed by atoms with Crippen LogP contribution in [0, 0.1) is 20.8 Å². The Morgan fingerprint density at radius 3 is 2.38 bits per heavy atom. The maximum Gasteiger partial charge on any atom is 0.309 e. The summed E-state index contributed by atoms with van der Waals surface area (Å²) in [5.41, 5.74) is 2.53. The minimum absolute atomic E-state index is 0.203. The molecule has 0 radical (unpaired) electrons. The van der Waals surface area contributed by atoms with Gasteiger partial charge in [0.2, 0.25) is 10.0 Å². The number of nitrogens with zero attached hydrogens (tertiary/aromatic N) is 1. The van der Waals surface area contributed by atoms with E-state index in [9.17, 15) is 18.0 Å². The van der Waals surface area contributed by atoms with Gasteiger partial charge in [-0.2, -0.15) is 4.31 Å². The second-order valence-electron chi connectivity index (χ2n) is 7.54. The number of aryl methyl sites for hydroxylation is 3. The summed E-state index contributed by atoms with van der Waals surface area (Å²) < 4.78 is 28.5.